The van der Waals surface area contributed by atoms with E-state index < -0.39 is 24.0 Å². The normalized spacial score (nSPS) is 12.5. The van der Waals surface area contributed by atoms with Gasteiger partial charge in [-0.05, 0) is 48.9 Å². The number of aliphatic hydroxyl groups excluding tert-OH is 1. The van der Waals surface area contributed by atoms with E-state index in [0.29, 0.717) is 11.6 Å². The van der Waals surface area contributed by atoms with Crippen molar-refractivity contribution in [2.45, 2.75) is 45.5 Å². The van der Waals surface area contributed by atoms with Gasteiger partial charge in [0.05, 0.1) is 6.10 Å². The number of carbonyl (C=O) groups is 2. The number of hydrogen-bond acceptors (Lipinski definition) is 5. The molecule has 0 fully saturated rings. The summed E-state index contributed by atoms with van der Waals surface area (Å²) in [6.07, 6.45) is -1.17. The van der Waals surface area contributed by atoms with Gasteiger partial charge in [-0.1, -0.05) is 37.8 Å². The molecule has 2 unspecified atom stereocenters. The molecule has 158 valence electrons. The monoisotopic (exact) mass is 409 g/mol. The lowest BCUT2D eigenvalue weighted by atomic mass is 10.1. The molecule has 2 atom stereocenters. The summed E-state index contributed by atoms with van der Waals surface area (Å²) in [5.41, 5.74) is 4.54. The summed E-state index contributed by atoms with van der Waals surface area (Å²) in [5.74, 6) is 4.69. The van der Waals surface area contributed by atoms with E-state index in [-0.39, 0.29) is 0 Å². The number of carbonyl (C=O) groups excluding carboxylic acids is 2. The van der Waals surface area contributed by atoms with Gasteiger partial charge in [0.1, 0.15) is 6.04 Å². The number of aliphatic hydroxyl groups is 1. The van der Waals surface area contributed by atoms with Gasteiger partial charge in [-0.3, -0.25) is 14.8 Å². The average Bonchev–Trinajstić information content (AvgIpc) is 2.74. The predicted octanol–water partition coefficient (Wildman–Crippen LogP) is 1.57. The topological polar surface area (TPSA) is 111 Å². The Labute approximate surface area is 176 Å². The van der Waals surface area contributed by atoms with Crippen molar-refractivity contribution in [3.8, 4) is 11.8 Å². The van der Waals surface area contributed by atoms with Crippen LogP contribution in [0.3, 0.4) is 0 Å². The Bertz CT molecular complexity index is 910. The minimum atomic E-state index is -1.26. The molecular formula is C23H27N3O4. The molecule has 2 aromatic carbocycles. The van der Waals surface area contributed by atoms with Crippen LogP contribution in [0.4, 0.5) is 0 Å². The van der Waals surface area contributed by atoms with Gasteiger partial charge in [-0.2, -0.15) is 0 Å². The SMILES string of the molecule is CC(C)NCc1ccc(C#Cc2ccc(C(=O)NC(C(=O)NO)C(C)O)cc2)cc1. The standard InChI is InChI=1S/C23H27N3O4/c1-15(2)24-14-19-8-6-17(7-9-19)4-5-18-10-12-20(13-11-18)22(28)25-21(16(3)27)23(29)26-30/h6-13,15-16,21,24,27,30H,14H2,1-3H3,(H,25,28)(H,26,29). The molecule has 0 saturated carbocycles. The smallest absolute Gasteiger partial charge is 0.268 e. The van der Waals surface area contributed by atoms with E-state index in [0.717, 1.165) is 17.7 Å². The molecule has 2 amide bonds. The molecule has 0 spiro atoms. The fourth-order valence-corrected chi connectivity index (χ4v) is 2.58. The first-order valence-corrected chi connectivity index (χ1v) is 9.67. The summed E-state index contributed by atoms with van der Waals surface area (Å²) in [6.45, 7) is 6.36. The van der Waals surface area contributed by atoms with Crippen molar-refractivity contribution in [1.82, 2.24) is 16.1 Å². The number of nitrogens with one attached hydrogen (secondary N) is 3. The third-order valence-electron chi connectivity index (χ3n) is 4.33. The minimum absolute atomic E-state index is 0.305. The molecule has 7 heteroatoms. The lowest BCUT2D eigenvalue weighted by Crippen LogP contribution is -2.51. The Morgan fingerprint density at radius 1 is 0.933 bits per heavy atom. The van der Waals surface area contributed by atoms with Crippen LogP contribution in [0.1, 0.15) is 47.8 Å². The van der Waals surface area contributed by atoms with Gasteiger partial charge in [0.2, 0.25) is 0 Å². The van der Waals surface area contributed by atoms with E-state index in [4.69, 9.17) is 5.21 Å². The minimum Gasteiger partial charge on any atom is -0.391 e. The zero-order valence-corrected chi connectivity index (χ0v) is 17.3. The molecule has 7 nitrogen and oxygen atoms in total. The molecule has 0 aromatic heterocycles. The van der Waals surface area contributed by atoms with E-state index >= 15 is 0 Å². The van der Waals surface area contributed by atoms with Crippen LogP contribution in [-0.4, -0.2) is 40.3 Å². The van der Waals surface area contributed by atoms with Crippen molar-refractivity contribution in [1.29, 1.82) is 0 Å². The van der Waals surface area contributed by atoms with Crippen LogP contribution in [0, 0.1) is 11.8 Å². The first-order chi connectivity index (χ1) is 14.3. The molecule has 0 aliphatic rings. The molecule has 0 bridgehead atoms. The Hall–Kier alpha value is -3.18. The van der Waals surface area contributed by atoms with E-state index in [9.17, 15) is 14.7 Å². The Balaban J connectivity index is 2.01. The van der Waals surface area contributed by atoms with E-state index in [1.165, 1.54) is 18.0 Å². The molecule has 0 heterocycles. The molecule has 5 N–H and O–H groups in total. The van der Waals surface area contributed by atoms with Crippen molar-refractivity contribution in [2.24, 2.45) is 0 Å². The first kappa shape index (κ1) is 23.1. The van der Waals surface area contributed by atoms with Gasteiger partial charge in [-0.25, -0.2) is 5.48 Å². The zero-order valence-electron chi connectivity index (χ0n) is 17.3. The zero-order chi connectivity index (χ0) is 22.1. The maximum absolute atomic E-state index is 12.3. The van der Waals surface area contributed by atoms with Gasteiger partial charge in [0, 0.05) is 29.3 Å². The maximum Gasteiger partial charge on any atom is 0.268 e. The summed E-state index contributed by atoms with van der Waals surface area (Å²) in [7, 11) is 0. The molecule has 2 rings (SSSR count). The average molecular weight is 409 g/mol. The van der Waals surface area contributed by atoms with Crippen molar-refractivity contribution < 1.29 is 19.9 Å². The van der Waals surface area contributed by atoms with Crippen molar-refractivity contribution in [2.75, 3.05) is 0 Å². The number of hydroxylamine groups is 1. The molecule has 0 aliphatic carbocycles. The molecule has 2 aromatic rings. The quantitative estimate of drug-likeness (QED) is 0.271. The lowest BCUT2D eigenvalue weighted by Gasteiger charge is -2.19. The van der Waals surface area contributed by atoms with E-state index in [1.54, 1.807) is 24.3 Å². The van der Waals surface area contributed by atoms with Gasteiger partial charge in [0.25, 0.3) is 11.8 Å². The van der Waals surface area contributed by atoms with Gasteiger partial charge in [0.15, 0.2) is 0 Å². The second kappa shape index (κ2) is 11.1. The summed E-state index contributed by atoms with van der Waals surface area (Å²) < 4.78 is 0. The van der Waals surface area contributed by atoms with Crippen molar-refractivity contribution in [3.63, 3.8) is 0 Å². The Morgan fingerprint density at radius 3 is 1.93 bits per heavy atom. The van der Waals surface area contributed by atoms with Crippen LogP contribution in [-0.2, 0) is 11.3 Å². The van der Waals surface area contributed by atoms with Gasteiger partial charge >= 0.3 is 0 Å². The van der Waals surface area contributed by atoms with Gasteiger partial charge < -0.3 is 15.7 Å². The van der Waals surface area contributed by atoms with E-state index in [1.807, 2.05) is 24.3 Å². The maximum atomic E-state index is 12.3. The Morgan fingerprint density at radius 2 is 1.47 bits per heavy atom. The third-order valence-corrected chi connectivity index (χ3v) is 4.33. The number of hydrogen-bond donors (Lipinski definition) is 5. The fraction of sp³-hybridized carbons (Fsp3) is 0.304. The number of benzene rings is 2. The summed E-state index contributed by atoms with van der Waals surface area (Å²) in [6, 6.07) is 13.7. The van der Waals surface area contributed by atoms with Crippen LogP contribution in [0.25, 0.3) is 0 Å². The number of amides is 2. The molecular weight excluding hydrogens is 382 g/mol. The summed E-state index contributed by atoms with van der Waals surface area (Å²) in [5, 5.41) is 24.0. The largest absolute Gasteiger partial charge is 0.391 e. The number of rotatable bonds is 7. The van der Waals surface area contributed by atoms with Crippen LogP contribution in [0.15, 0.2) is 48.5 Å². The molecule has 0 radical (unpaired) electrons. The highest BCUT2D eigenvalue weighted by Crippen LogP contribution is 2.07. The second-order valence-electron chi connectivity index (χ2n) is 7.23. The molecule has 0 saturated heterocycles. The highest BCUT2D eigenvalue weighted by atomic mass is 16.5. The predicted molar refractivity (Wildman–Crippen MR) is 114 cm³/mol. The Kier molecular flexibility index (Phi) is 8.56. The fourth-order valence-electron chi connectivity index (χ4n) is 2.58. The van der Waals surface area contributed by atoms with Crippen LogP contribution >= 0.6 is 0 Å². The van der Waals surface area contributed by atoms with Crippen molar-refractivity contribution >= 4 is 11.8 Å². The summed E-state index contributed by atoms with van der Waals surface area (Å²) >= 11 is 0. The first-order valence-electron chi connectivity index (χ1n) is 9.67. The molecule has 30 heavy (non-hydrogen) atoms. The van der Waals surface area contributed by atoms with E-state index in [2.05, 4.69) is 36.3 Å². The molecule has 0 aliphatic heterocycles. The van der Waals surface area contributed by atoms with Crippen molar-refractivity contribution in [3.05, 3.63) is 70.8 Å². The summed E-state index contributed by atoms with van der Waals surface area (Å²) in [4.78, 5) is 23.8. The second-order valence-corrected chi connectivity index (χ2v) is 7.23. The lowest BCUT2D eigenvalue weighted by molar-refractivity contribution is -0.133. The highest BCUT2D eigenvalue weighted by molar-refractivity contribution is 5.97. The van der Waals surface area contributed by atoms with Crippen LogP contribution < -0.4 is 16.1 Å². The third kappa shape index (κ3) is 7.01. The van der Waals surface area contributed by atoms with Crippen LogP contribution in [0.5, 0.6) is 0 Å². The van der Waals surface area contributed by atoms with Gasteiger partial charge in [-0.15, -0.1) is 0 Å². The van der Waals surface area contributed by atoms with Crippen LogP contribution in [0.2, 0.25) is 0 Å². The highest BCUT2D eigenvalue weighted by Gasteiger charge is 2.25.